The summed E-state index contributed by atoms with van der Waals surface area (Å²) in [4.78, 5) is 11.9. The van der Waals surface area contributed by atoms with Crippen LogP contribution in [0, 0.1) is 10.1 Å². The van der Waals surface area contributed by atoms with E-state index in [2.05, 4.69) is 34.2 Å². The third-order valence-corrected chi connectivity index (χ3v) is 4.36. The van der Waals surface area contributed by atoms with E-state index in [0.29, 0.717) is 16.6 Å². The topological polar surface area (TPSA) is 55.2 Å². The fraction of sp³-hybridized carbons (Fsp3) is 0.231. The van der Waals surface area contributed by atoms with Gasteiger partial charge in [-0.05, 0) is 30.5 Å². The fourth-order valence-corrected chi connectivity index (χ4v) is 2.87. The van der Waals surface area contributed by atoms with E-state index in [9.17, 15) is 10.1 Å². The first kappa shape index (κ1) is 14.2. The summed E-state index contributed by atoms with van der Waals surface area (Å²) >= 11 is 4.93. The molecule has 0 spiro atoms. The van der Waals surface area contributed by atoms with Crippen LogP contribution in [0.15, 0.2) is 40.2 Å². The predicted molar refractivity (Wildman–Crippen MR) is 80.4 cm³/mol. The standard InChI is InChI=1S/C13H13BrN2O2S/c1-9(13-3-2-6-19-13)15-8-10-4-5-11(14)7-12(10)16(17)18/h2-7,9,15H,8H2,1H3/t9-/m0/s1. The largest absolute Gasteiger partial charge is 0.305 e. The van der Waals surface area contributed by atoms with Crippen molar-refractivity contribution in [3.8, 4) is 0 Å². The highest BCUT2D eigenvalue weighted by Gasteiger charge is 2.15. The molecule has 0 radical (unpaired) electrons. The van der Waals surface area contributed by atoms with Gasteiger partial charge in [-0.2, -0.15) is 0 Å². The molecule has 0 unspecified atom stereocenters. The number of nitro benzene ring substituents is 1. The maximum absolute atomic E-state index is 11.0. The van der Waals surface area contributed by atoms with Crippen molar-refractivity contribution in [3.05, 3.63) is 60.7 Å². The van der Waals surface area contributed by atoms with Crippen LogP contribution in [0.5, 0.6) is 0 Å². The van der Waals surface area contributed by atoms with Gasteiger partial charge in [-0.3, -0.25) is 10.1 Å². The Morgan fingerprint density at radius 3 is 2.89 bits per heavy atom. The van der Waals surface area contributed by atoms with Crippen molar-refractivity contribution in [2.24, 2.45) is 0 Å². The van der Waals surface area contributed by atoms with Crippen molar-refractivity contribution in [1.29, 1.82) is 0 Å². The zero-order valence-electron chi connectivity index (χ0n) is 10.3. The van der Waals surface area contributed by atoms with Gasteiger partial charge in [0.05, 0.1) is 4.92 Å². The van der Waals surface area contributed by atoms with Crippen LogP contribution in [0.2, 0.25) is 0 Å². The van der Waals surface area contributed by atoms with Crippen LogP contribution in [-0.4, -0.2) is 4.92 Å². The zero-order valence-corrected chi connectivity index (χ0v) is 12.7. The summed E-state index contributed by atoms with van der Waals surface area (Å²) in [5.74, 6) is 0. The van der Waals surface area contributed by atoms with Crippen molar-refractivity contribution in [3.63, 3.8) is 0 Å². The number of nitro groups is 1. The number of rotatable bonds is 5. The van der Waals surface area contributed by atoms with Crippen LogP contribution in [0.25, 0.3) is 0 Å². The highest BCUT2D eigenvalue weighted by molar-refractivity contribution is 9.10. The van der Waals surface area contributed by atoms with E-state index in [1.165, 1.54) is 10.9 Å². The molecular formula is C13H13BrN2O2S. The number of hydrogen-bond donors (Lipinski definition) is 1. The van der Waals surface area contributed by atoms with Gasteiger partial charge in [0.2, 0.25) is 0 Å². The molecule has 1 N–H and O–H groups in total. The minimum Gasteiger partial charge on any atom is -0.305 e. The van der Waals surface area contributed by atoms with Gasteiger partial charge in [-0.25, -0.2) is 0 Å². The summed E-state index contributed by atoms with van der Waals surface area (Å²) in [6.07, 6.45) is 0. The van der Waals surface area contributed by atoms with E-state index in [1.807, 2.05) is 17.5 Å². The van der Waals surface area contributed by atoms with Gasteiger partial charge >= 0.3 is 0 Å². The van der Waals surface area contributed by atoms with Gasteiger partial charge in [0.25, 0.3) is 5.69 Å². The maximum atomic E-state index is 11.0. The summed E-state index contributed by atoms with van der Waals surface area (Å²) in [7, 11) is 0. The Morgan fingerprint density at radius 2 is 2.26 bits per heavy atom. The average molecular weight is 341 g/mol. The normalized spacial score (nSPS) is 12.3. The lowest BCUT2D eigenvalue weighted by atomic mass is 10.1. The molecule has 6 heteroatoms. The van der Waals surface area contributed by atoms with Gasteiger partial charge < -0.3 is 5.32 Å². The van der Waals surface area contributed by atoms with Crippen molar-refractivity contribution < 1.29 is 4.92 Å². The quantitative estimate of drug-likeness (QED) is 0.653. The Balaban J connectivity index is 2.09. The van der Waals surface area contributed by atoms with Crippen LogP contribution < -0.4 is 5.32 Å². The lowest BCUT2D eigenvalue weighted by Gasteiger charge is -2.12. The van der Waals surface area contributed by atoms with Gasteiger partial charge in [0.1, 0.15) is 0 Å². The first-order chi connectivity index (χ1) is 9.08. The highest BCUT2D eigenvalue weighted by atomic mass is 79.9. The molecule has 0 aliphatic heterocycles. The molecule has 2 aromatic rings. The van der Waals surface area contributed by atoms with Crippen LogP contribution in [-0.2, 0) is 6.54 Å². The molecule has 0 aliphatic carbocycles. The van der Waals surface area contributed by atoms with E-state index in [4.69, 9.17) is 0 Å². The molecule has 4 nitrogen and oxygen atoms in total. The number of nitrogens with one attached hydrogen (secondary N) is 1. The molecular weight excluding hydrogens is 328 g/mol. The van der Waals surface area contributed by atoms with Crippen LogP contribution in [0.3, 0.4) is 0 Å². The molecule has 0 saturated heterocycles. The molecule has 0 fully saturated rings. The van der Waals surface area contributed by atoms with Crippen molar-refractivity contribution in [2.75, 3.05) is 0 Å². The molecule has 0 saturated carbocycles. The highest BCUT2D eigenvalue weighted by Crippen LogP contribution is 2.25. The Labute approximate surface area is 123 Å². The first-order valence-electron chi connectivity index (χ1n) is 5.77. The Bertz CT molecular complexity index is 572. The minimum atomic E-state index is -0.350. The number of benzene rings is 1. The summed E-state index contributed by atoms with van der Waals surface area (Å²) in [5.41, 5.74) is 0.830. The molecule has 1 aromatic carbocycles. The van der Waals surface area contributed by atoms with Gasteiger partial charge in [-0.1, -0.05) is 22.0 Å². The summed E-state index contributed by atoms with van der Waals surface area (Å²) < 4.78 is 0.717. The number of halogens is 1. The Morgan fingerprint density at radius 1 is 1.47 bits per heavy atom. The van der Waals surface area contributed by atoms with Gasteiger partial charge in [0.15, 0.2) is 0 Å². The smallest absolute Gasteiger partial charge is 0.275 e. The molecule has 1 heterocycles. The molecule has 19 heavy (non-hydrogen) atoms. The second kappa shape index (κ2) is 6.27. The Kier molecular flexibility index (Phi) is 4.68. The monoisotopic (exact) mass is 340 g/mol. The lowest BCUT2D eigenvalue weighted by Crippen LogP contribution is -2.17. The Hall–Kier alpha value is -1.24. The SMILES string of the molecule is C[C@H](NCc1ccc(Br)cc1[N+](=O)[O-])c1cccs1. The molecule has 0 bridgehead atoms. The summed E-state index contributed by atoms with van der Waals surface area (Å²) in [6, 6.07) is 9.37. The van der Waals surface area contributed by atoms with E-state index in [-0.39, 0.29) is 16.7 Å². The second-order valence-corrected chi connectivity index (χ2v) is 6.04. The van der Waals surface area contributed by atoms with Crippen molar-refractivity contribution >= 4 is 33.0 Å². The molecule has 0 aliphatic rings. The van der Waals surface area contributed by atoms with E-state index in [1.54, 1.807) is 17.4 Å². The fourth-order valence-electron chi connectivity index (χ4n) is 1.76. The molecule has 1 atom stereocenters. The van der Waals surface area contributed by atoms with E-state index in [0.717, 1.165) is 0 Å². The molecule has 2 rings (SSSR count). The molecule has 100 valence electrons. The predicted octanol–water partition coefficient (Wildman–Crippen LogP) is 4.27. The molecule has 1 aromatic heterocycles. The lowest BCUT2D eigenvalue weighted by molar-refractivity contribution is -0.385. The van der Waals surface area contributed by atoms with Crippen molar-refractivity contribution in [1.82, 2.24) is 5.32 Å². The third kappa shape index (κ3) is 3.62. The second-order valence-electron chi connectivity index (χ2n) is 4.15. The van der Waals surface area contributed by atoms with E-state index < -0.39 is 0 Å². The number of thiophene rings is 1. The summed E-state index contributed by atoms with van der Waals surface area (Å²) in [6.45, 7) is 2.53. The van der Waals surface area contributed by atoms with Gasteiger partial charge in [0, 0.05) is 33.6 Å². The number of nitrogens with zero attached hydrogens (tertiary/aromatic N) is 1. The van der Waals surface area contributed by atoms with Crippen molar-refractivity contribution in [2.45, 2.75) is 19.5 Å². The average Bonchev–Trinajstić information content (AvgIpc) is 2.90. The van der Waals surface area contributed by atoms with Gasteiger partial charge in [-0.15, -0.1) is 11.3 Å². The first-order valence-corrected chi connectivity index (χ1v) is 7.45. The third-order valence-electron chi connectivity index (χ3n) is 2.81. The zero-order chi connectivity index (χ0) is 13.8. The maximum Gasteiger partial charge on any atom is 0.275 e. The van der Waals surface area contributed by atoms with Crippen LogP contribution in [0.1, 0.15) is 23.4 Å². The van der Waals surface area contributed by atoms with E-state index >= 15 is 0 Å². The minimum absolute atomic E-state index is 0.139. The molecule has 0 amide bonds. The summed E-state index contributed by atoms with van der Waals surface area (Å²) in [5, 5.41) is 16.3. The van der Waals surface area contributed by atoms with Crippen LogP contribution >= 0.6 is 27.3 Å². The van der Waals surface area contributed by atoms with Crippen LogP contribution in [0.4, 0.5) is 5.69 Å². The number of hydrogen-bond acceptors (Lipinski definition) is 4.